The predicted octanol–water partition coefficient (Wildman–Crippen LogP) is 3.99. The lowest BCUT2D eigenvalue weighted by Gasteiger charge is -2.10. The van der Waals surface area contributed by atoms with Crippen molar-refractivity contribution in [3.05, 3.63) is 80.3 Å². The summed E-state index contributed by atoms with van der Waals surface area (Å²) in [6.07, 6.45) is 1.39. The number of nitrogens with zero attached hydrogens (tertiary/aromatic N) is 4. The van der Waals surface area contributed by atoms with Gasteiger partial charge in [-0.15, -0.1) is 0 Å². The molecule has 10 heteroatoms. The fraction of sp³-hybridized carbons (Fsp3) is 0.0526. The van der Waals surface area contributed by atoms with E-state index in [1.807, 2.05) is 6.07 Å². The van der Waals surface area contributed by atoms with E-state index in [9.17, 15) is 14.7 Å². The molecule has 0 unspecified atom stereocenters. The smallest absolute Gasteiger partial charge is 0.356 e. The SMILES string of the molecule is Cc1c(C(=O)O)nn(-c2ccccc2)c1Oc1cc(=O)n2cc(Cl)cc(Cl)c2n1. The molecule has 146 valence electrons. The molecule has 4 rings (SSSR count). The highest BCUT2D eigenvalue weighted by molar-refractivity contribution is 6.36. The highest BCUT2D eigenvalue weighted by Crippen LogP contribution is 2.30. The Hall–Kier alpha value is -3.36. The Morgan fingerprint density at radius 3 is 2.59 bits per heavy atom. The van der Waals surface area contributed by atoms with Crippen LogP contribution in [0.15, 0.2) is 53.5 Å². The maximum Gasteiger partial charge on any atom is 0.356 e. The van der Waals surface area contributed by atoms with Crippen LogP contribution < -0.4 is 10.3 Å². The van der Waals surface area contributed by atoms with E-state index in [-0.39, 0.29) is 38.7 Å². The van der Waals surface area contributed by atoms with E-state index in [1.54, 1.807) is 31.2 Å². The van der Waals surface area contributed by atoms with Gasteiger partial charge in [0.15, 0.2) is 11.3 Å². The van der Waals surface area contributed by atoms with E-state index in [0.29, 0.717) is 5.69 Å². The van der Waals surface area contributed by atoms with E-state index in [0.717, 1.165) is 6.07 Å². The molecule has 4 aromatic rings. The zero-order valence-corrected chi connectivity index (χ0v) is 16.3. The maximum atomic E-state index is 12.5. The highest BCUT2D eigenvalue weighted by Gasteiger charge is 2.23. The fourth-order valence-corrected chi connectivity index (χ4v) is 3.32. The van der Waals surface area contributed by atoms with Crippen molar-refractivity contribution in [2.24, 2.45) is 0 Å². The van der Waals surface area contributed by atoms with Crippen molar-refractivity contribution in [3.63, 3.8) is 0 Å². The van der Waals surface area contributed by atoms with E-state index >= 15 is 0 Å². The third kappa shape index (κ3) is 3.43. The standard InChI is InChI=1S/C19H12Cl2N4O4/c1-10-16(19(27)28)23-25(12-5-3-2-4-6-12)18(10)29-14-8-15(26)24-9-11(20)7-13(21)17(24)22-14/h2-9H,1H3,(H,27,28). The topological polar surface area (TPSA) is 98.7 Å². The Morgan fingerprint density at radius 1 is 1.17 bits per heavy atom. The van der Waals surface area contributed by atoms with Gasteiger partial charge in [0.2, 0.25) is 11.8 Å². The van der Waals surface area contributed by atoms with Gasteiger partial charge in [-0.25, -0.2) is 4.79 Å². The van der Waals surface area contributed by atoms with Crippen LogP contribution in [-0.2, 0) is 0 Å². The summed E-state index contributed by atoms with van der Waals surface area (Å²) in [5.41, 5.74) is 0.383. The number of halogens is 2. The molecule has 8 nitrogen and oxygen atoms in total. The van der Waals surface area contributed by atoms with Gasteiger partial charge in [-0.05, 0) is 25.1 Å². The second kappa shape index (κ2) is 7.23. The lowest BCUT2D eigenvalue weighted by atomic mass is 10.2. The van der Waals surface area contributed by atoms with Crippen LogP contribution in [0.3, 0.4) is 0 Å². The molecule has 0 aliphatic rings. The van der Waals surface area contributed by atoms with Crippen molar-refractivity contribution < 1.29 is 14.6 Å². The molecule has 0 spiro atoms. The third-order valence-corrected chi connectivity index (χ3v) is 4.62. The summed E-state index contributed by atoms with van der Waals surface area (Å²) < 4.78 is 8.36. The Labute approximate surface area is 173 Å². The van der Waals surface area contributed by atoms with Gasteiger partial charge in [-0.3, -0.25) is 9.20 Å². The van der Waals surface area contributed by atoms with E-state index in [1.165, 1.54) is 21.3 Å². The summed E-state index contributed by atoms with van der Waals surface area (Å²) in [5.74, 6) is -1.14. The van der Waals surface area contributed by atoms with Crippen molar-refractivity contribution >= 4 is 34.8 Å². The summed E-state index contributed by atoms with van der Waals surface area (Å²) in [6.45, 7) is 1.56. The Morgan fingerprint density at radius 2 is 1.90 bits per heavy atom. The van der Waals surface area contributed by atoms with Gasteiger partial charge in [0.05, 0.1) is 21.8 Å². The van der Waals surface area contributed by atoms with Crippen LogP contribution in [0.25, 0.3) is 11.3 Å². The number of aromatic carboxylic acids is 1. The zero-order chi connectivity index (χ0) is 20.7. The number of carboxylic acid groups (broad SMARTS) is 1. The molecule has 0 aliphatic carbocycles. The number of aromatic nitrogens is 4. The van der Waals surface area contributed by atoms with Crippen molar-refractivity contribution in [1.29, 1.82) is 0 Å². The van der Waals surface area contributed by atoms with Gasteiger partial charge in [-0.2, -0.15) is 14.8 Å². The van der Waals surface area contributed by atoms with Gasteiger partial charge in [-0.1, -0.05) is 41.4 Å². The first-order valence-electron chi connectivity index (χ1n) is 8.30. The summed E-state index contributed by atoms with van der Waals surface area (Å²) in [6, 6.07) is 11.5. The van der Waals surface area contributed by atoms with Crippen LogP contribution in [0.2, 0.25) is 10.0 Å². The van der Waals surface area contributed by atoms with Crippen molar-refractivity contribution in [1.82, 2.24) is 19.2 Å². The Bertz CT molecular complexity index is 1320. The first kappa shape index (κ1) is 19.0. The molecule has 0 radical (unpaired) electrons. The molecule has 1 N–H and O–H groups in total. The monoisotopic (exact) mass is 430 g/mol. The number of carbonyl (C=O) groups is 1. The van der Waals surface area contributed by atoms with Gasteiger partial charge < -0.3 is 9.84 Å². The number of hydrogen-bond acceptors (Lipinski definition) is 5. The summed E-state index contributed by atoms with van der Waals surface area (Å²) in [7, 11) is 0. The van der Waals surface area contributed by atoms with E-state index < -0.39 is 11.5 Å². The number of carboxylic acids is 1. The molecule has 29 heavy (non-hydrogen) atoms. The van der Waals surface area contributed by atoms with Crippen LogP contribution in [0, 0.1) is 6.92 Å². The first-order chi connectivity index (χ1) is 13.8. The van der Waals surface area contributed by atoms with Crippen LogP contribution in [0.5, 0.6) is 11.8 Å². The van der Waals surface area contributed by atoms with Crippen LogP contribution in [-0.4, -0.2) is 30.2 Å². The number of rotatable bonds is 4. The molecule has 0 saturated carbocycles. The lowest BCUT2D eigenvalue weighted by Crippen LogP contribution is -2.14. The first-order valence-corrected chi connectivity index (χ1v) is 9.05. The quantitative estimate of drug-likeness (QED) is 0.525. The molecule has 0 bridgehead atoms. The molecule has 3 heterocycles. The van der Waals surface area contributed by atoms with E-state index in [2.05, 4.69) is 10.1 Å². The predicted molar refractivity (Wildman–Crippen MR) is 107 cm³/mol. The number of ether oxygens (including phenoxy) is 1. The Balaban J connectivity index is 1.88. The maximum absolute atomic E-state index is 12.5. The minimum Gasteiger partial charge on any atom is -0.476 e. The van der Waals surface area contributed by atoms with Gasteiger partial charge in [0.25, 0.3) is 5.56 Å². The molecule has 0 aliphatic heterocycles. The lowest BCUT2D eigenvalue weighted by molar-refractivity contribution is 0.0689. The summed E-state index contributed by atoms with van der Waals surface area (Å²) >= 11 is 12.1. The zero-order valence-electron chi connectivity index (χ0n) is 14.8. The van der Waals surface area contributed by atoms with Crippen LogP contribution >= 0.6 is 23.2 Å². The molecule has 3 aromatic heterocycles. The number of benzene rings is 1. The van der Waals surface area contributed by atoms with Crippen molar-refractivity contribution in [3.8, 4) is 17.4 Å². The average molecular weight is 431 g/mol. The Kier molecular flexibility index (Phi) is 4.73. The largest absolute Gasteiger partial charge is 0.476 e. The number of fused-ring (bicyclic) bond motifs is 1. The molecule has 0 fully saturated rings. The molecular weight excluding hydrogens is 419 g/mol. The van der Waals surface area contributed by atoms with Gasteiger partial charge >= 0.3 is 5.97 Å². The van der Waals surface area contributed by atoms with Gasteiger partial charge in [0.1, 0.15) is 0 Å². The average Bonchev–Trinajstić information content (AvgIpc) is 3.00. The second-order valence-electron chi connectivity index (χ2n) is 6.07. The normalized spacial score (nSPS) is 11.0. The second-order valence-corrected chi connectivity index (χ2v) is 6.91. The number of para-hydroxylation sites is 1. The van der Waals surface area contributed by atoms with Crippen LogP contribution in [0.1, 0.15) is 16.1 Å². The molecule has 0 atom stereocenters. The number of hydrogen-bond donors (Lipinski definition) is 1. The molecular formula is C19H12Cl2N4O4. The highest BCUT2D eigenvalue weighted by atomic mass is 35.5. The van der Waals surface area contributed by atoms with Crippen LogP contribution in [0.4, 0.5) is 0 Å². The summed E-state index contributed by atoms with van der Waals surface area (Å²) in [4.78, 5) is 28.3. The third-order valence-electron chi connectivity index (χ3n) is 4.13. The van der Waals surface area contributed by atoms with Crippen molar-refractivity contribution in [2.45, 2.75) is 6.92 Å². The molecule has 0 saturated heterocycles. The minimum absolute atomic E-state index is 0.0589. The number of pyridine rings is 1. The molecule has 1 aromatic carbocycles. The van der Waals surface area contributed by atoms with Gasteiger partial charge in [0, 0.05) is 11.8 Å². The molecule has 0 amide bonds. The summed E-state index contributed by atoms with van der Waals surface area (Å²) in [5, 5.41) is 14.0. The van der Waals surface area contributed by atoms with E-state index in [4.69, 9.17) is 27.9 Å². The van der Waals surface area contributed by atoms with Crippen molar-refractivity contribution in [2.75, 3.05) is 0 Å². The fourth-order valence-electron chi connectivity index (χ4n) is 2.81. The minimum atomic E-state index is -1.20.